The minimum absolute atomic E-state index is 0.0799. The third-order valence-corrected chi connectivity index (χ3v) is 1.69. The third-order valence-electron chi connectivity index (χ3n) is 1.69. The largest absolute Gasteiger partial charge is 0.368 e. The van der Waals surface area contributed by atoms with Crippen LogP contribution in [0, 0.1) is 0 Å². The summed E-state index contributed by atoms with van der Waals surface area (Å²) in [6.45, 7) is 10.6. The average molecular weight is 247 g/mol. The van der Waals surface area contributed by atoms with Gasteiger partial charge in [0.15, 0.2) is 0 Å². The molecular weight excluding hydrogens is 218 g/mol. The number of carbonyl (C=O) groups excluding carboxylic acids is 2. The smallest absolute Gasteiger partial charge is 0.236 e. The van der Waals surface area contributed by atoms with Crippen LogP contribution in [0.1, 0.15) is 40.5 Å². The monoisotopic (exact) mass is 247 g/mol. The quantitative estimate of drug-likeness (QED) is 0.730. The number of nitrogens with one attached hydrogen (secondary N) is 1. The molecule has 0 aliphatic carbocycles. The molecule has 104 valence electrons. The Balaban J connectivity index is -0.000000179. The van der Waals surface area contributed by atoms with E-state index in [0.717, 1.165) is 0 Å². The Labute approximate surface area is 106 Å². The number of hydrogen-bond acceptors (Lipinski definition) is 3. The van der Waals surface area contributed by atoms with Crippen molar-refractivity contribution in [3.8, 4) is 0 Å². The number of hydrogen-bond donors (Lipinski definition) is 2. The zero-order valence-corrected chi connectivity index (χ0v) is 12.0. The van der Waals surface area contributed by atoms with E-state index < -0.39 is 5.91 Å². The Morgan fingerprint density at radius 3 is 1.76 bits per heavy atom. The maximum absolute atomic E-state index is 9.76. The van der Waals surface area contributed by atoms with Crippen LogP contribution >= 0.6 is 0 Å². The Morgan fingerprint density at radius 1 is 1.24 bits per heavy atom. The van der Waals surface area contributed by atoms with Crippen molar-refractivity contribution < 1.29 is 9.59 Å². The summed E-state index contributed by atoms with van der Waals surface area (Å²) in [7, 11) is 2.17. The van der Waals surface area contributed by atoms with Crippen molar-refractivity contribution in [1.29, 1.82) is 0 Å². The first-order valence-electron chi connectivity index (χ1n) is 6.30. The van der Waals surface area contributed by atoms with Gasteiger partial charge in [-0.3, -0.25) is 9.59 Å². The van der Waals surface area contributed by atoms with E-state index >= 15 is 0 Å². The lowest BCUT2D eigenvalue weighted by atomic mass is 10.4. The van der Waals surface area contributed by atoms with E-state index in [1.807, 2.05) is 27.7 Å². The highest BCUT2D eigenvalue weighted by molar-refractivity contribution is 5.77. The van der Waals surface area contributed by atoms with Gasteiger partial charge in [0.2, 0.25) is 12.3 Å². The molecule has 0 aromatic heterocycles. The standard InChI is InChI=1S/C5H11N.C3H6N2O2.2C2H6/c1-6-4-2-3-5-6;4-3(7)1-5-2-6;2*1-2/h2-5H2,1H3;2H,1H2,(H2,4,7)(H,5,6);2*1-2H3. The summed E-state index contributed by atoms with van der Waals surface area (Å²) in [4.78, 5) is 21.5. The number of carbonyl (C=O) groups is 2. The Hall–Kier alpha value is -1.10. The summed E-state index contributed by atoms with van der Waals surface area (Å²) in [5, 5.41) is 2.09. The molecule has 0 spiro atoms. The minimum atomic E-state index is -0.535. The molecule has 0 unspecified atom stereocenters. The van der Waals surface area contributed by atoms with Crippen LogP contribution in [-0.2, 0) is 9.59 Å². The van der Waals surface area contributed by atoms with E-state index in [1.54, 1.807) is 0 Å². The first-order valence-corrected chi connectivity index (χ1v) is 6.30. The first kappa shape index (κ1) is 21.2. The summed E-state index contributed by atoms with van der Waals surface area (Å²) >= 11 is 0. The maximum Gasteiger partial charge on any atom is 0.236 e. The van der Waals surface area contributed by atoms with Crippen molar-refractivity contribution in [1.82, 2.24) is 10.2 Å². The summed E-state index contributed by atoms with van der Waals surface area (Å²) in [5.41, 5.74) is 4.62. The molecule has 0 aromatic carbocycles. The molecule has 0 atom stereocenters. The van der Waals surface area contributed by atoms with Crippen LogP contribution in [0.15, 0.2) is 0 Å². The molecular formula is C12H29N3O2. The molecule has 1 saturated heterocycles. The number of amides is 2. The minimum Gasteiger partial charge on any atom is -0.368 e. The molecule has 1 rings (SSSR count). The molecule has 0 saturated carbocycles. The molecule has 2 amide bonds. The van der Waals surface area contributed by atoms with Crippen LogP contribution in [0.5, 0.6) is 0 Å². The lowest BCUT2D eigenvalue weighted by molar-refractivity contribution is -0.119. The molecule has 1 heterocycles. The molecule has 3 N–H and O–H groups in total. The van der Waals surface area contributed by atoms with Crippen LogP contribution in [0.2, 0.25) is 0 Å². The van der Waals surface area contributed by atoms with E-state index in [4.69, 9.17) is 0 Å². The van der Waals surface area contributed by atoms with E-state index in [2.05, 4.69) is 23.0 Å². The van der Waals surface area contributed by atoms with Gasteiger partial charge < -0.3 is 16.0 Å². The van der Waals surface area contributed by atoms with E-state index in [-0.39, 0.29) is 6.54 Å². The zero-order valence-electron chi connectivity index (χ0n) is 12.0. The molecule has 0 radical (unpaired) electrons. The third kappa shape index (κ3) is 25.3. The fourth-order valence-electron chi connectivity index (χ4n) is 1.02. The van der Waals surface area contributed by atoms with E-state index in [0.29, 0.717) is 6.41 Å². The second-order valence-corrected chi connectivity index (χ2v) is 2.98. The van der Waals surface area contributed by atoms with E-state index in [9.17, 15) is 9.59 Å². The van der Waals surface area contributed by atoms with Gasteiger partial charge in [-0.15, -0.1) is 0 Å². The number of likely N-dealkylation sites (tertiary alicyclic amines) is 1. The molecule has 17 heavy (non-hydrogen) atoms. The highest BCUT2D eigenvalue weighted by Gasteiger charge is 2.03. The first-order chi connectivity index (χ1) is 8.16. The fraction of sp³-hybridized carbons (Fsp3) is 0.833. The normalized spacial score (nSPS) is 12.8. The highest BCUT2D eigenvalue weighted by Crippen LogP contribution is 2.01. The predicted octanol–water partition coefficient (Wildman–Crippen LogP) is 0.982. The molecule has 1 aliphatic heterocycles. The lowest BCUT2D eigenvalue weighted by Crippen LogP contribution is -2.27. The number of rotatable bonds is 3. The topological polar surface area (TPSA) is 75.4 Å². The van der Waals surface area contributed by atoms with Crippen molar-refractivity contribution in [3.63, 3.8) is 0 Å². The van der Waals surface area contributed by atoms with Crippen LogP contribution in [0.25, 0.3) is 0 Å². The summed E-state index contributed by atoms with van der Waals surface area (Å²) in [6.07, 6.45) is 3.25. The van der Waals surface area contributed by atoms with Crippen LogP contribution in [0.3, 0.4) is 0 Å². The van der Waals surface area contributed by atoms with E-state index in [1.165, 1.54) is 25.9 Å². The van der Waals surface area contributed by atoms with Crippen molar-refractivity contribution >= 4 is 12.3 Å². The van der Waals surface area contributed by atoms with Gasteiger partial charge in [-0.1, -0.05) is 27.7 Å². The van der Waals surface area contributed by atoms with Crippen molar-refractivity contribution in [2.75, 3.05) is 26.7 Å². The van der Waals surface area contributed by atoms with Crippen molar-refractivity contribution in [3.05, 3.63) is 0 Å². The Morgan fingerprint density at radius 2 is 1.65 bits per heavy atom. The summed E-state index contributed by atoms with van der Waals surface area (Å²) < 4.78 is 0. The van der Waals surface area contributed by atoms with Gasteiger partial charge in [-0.2, -0.15) is 0 Å². The molecule has 5 heteroatoms. The fourth-order valence-corrected chi connectivity index (χ4v) is 1.02. The average Bonchev–Trinajstić information content (AvgIpc) is 2.83. The highest BCUT2D eigenvalue weighted by atomic mass is 16.2. The molecule has 5 nitrogen and oxygen atoms in total. The summed E-state index contributed by atoms with van der Waals surface area (Å²) in [5.74, 6) is -0.535. The van der Waals surface area contributed by atoms with Crippen LogP contribution < -0.4 is 11.1 Å². The lowest BCUT2D eigenvalue weighted by Gasteiger charge is -2.01. The number of primary amides is 1. The molecule has 1 fully saturated rings. The SMILES string of the molecule is CC.CC.CN1CCCC1.NC(=O)CNC=O. The molecule has 0 bridgehead atoms. The number of nitrogens with zero attached hydrogens (tertiary/aromatic N) is 1. The van der Waals surface area contributed by atoms with Gasteiger partial charge in [-0.05, 0) is 33.0 Å². The van der Waals surface area contributed by atoms with Crippen LogP contribution in [0.4, 0.5) is 0 Å². The predicted molar refractivity (Wildman–Crippen MR) is 72.7 cm³/mol. The second kappa shape index (κ2) is 20.3. The Kier molecular flexibility index (Phi) is 25.4. The van der Waals surface area contributed by atoms with Crippen molar-refractivity contribution in [2.24, 2.45) is 5.73 Å². The Bertz CT molecular complexity index is 158. The van der Waals surface area contributed by atoms with Crippen molar-refractivity contribution in [2.45, 2.75) is 40.5 Å². The number of nitrogens with two attached hydrogens (primary N) is 1. The van der Waals surface area contributed by atoms with Gasteiger partial charge in [0, 0.05) is 0 Å². The molecule has 0 aromatic rings. The van der Waals surface area contributed by atoms with Gasteiger partial charge in [0.25, 0.3) is 0 Å². The van der Waals surface area contributed by atoms with Gasteiger partial charge in [0.05, 0.1) is 6.54 Å². The second-order valence-electron chi connectivity index (χ2n) is 2.98. The molecule has 1 aliphatic rings. The van der Waals surface area contributed by atoms with Gasteiger partial charge in [0.1, 0.15) is 0 Å². The zero-order chi connectivity index (χ0) is 14.1. The van der Waals surface area contributed by atoms with Crippen LogP contribution in [-0.4, -0.2) is 43.9 Å². The maximum atomic E-state index is 9.76. The van der Waals surface area contributed by atoms with Gasteiger partial charge >= 0.3 is 0 Å². The van der Waals surface area contributed by atoms with Gasteiger partial charge in [-0.25, -0.2) is 0 Å². The summed E-state index contributed by atoms with van der Waals surface area (Å²) in [6, 6.07) is 0.